The summed E-state index contributed by atoms with van der Waals surface area (Å²) in [4.78, 5) is 36.0. The molecule has 3 rings (SSSR count). The Morgan fingerprint density at radius 1 is 0.821 bits per heavy atom. The predicted octanol–water partition coefficient (Wildman–Crippen LogP) is 1.73. The highest BCUT2D eigenvalue weighted by atomic mass is 79.9. The quantitative estimate of drug-likeness (QED) is 0.362. The lowest BCUT2D eigenvalue weighted by Gasteiger charge is -2.13. The molecule has 0 unspecified atom stereocenters. The maximum absolute atomic E-state index is 12.1. The summed E-state index contributed by atoms with van der Waals surface area (Å²) in [5.74, 6) is -0.427. The van der Waals surface area contributed by atoms with Gasteiger partial charge in [0.1, 0.15) is 12.0 Å². The summed E-state index contributed by atoms with van der Waals surface area (Å²) in [6.45, 7) is 0. The van der Waals surface area contributed by atoms with Crippen LogP contribution >= 0.6 is 15.9 Å². The topological polar surface area (TPSA) is 147 Å². The molecule has 10 nitrogen and oxygen atoms in total. The van der Waals surface area contributed by atoms with Gasteiger partial charge in [-0.2, -0.15) is 0 Å². The number of anilines is 3. The van der Waals surface area contributed by atoms with Gasteiger partial charge in [-0.3, -0.25) is 36.3 Å². The maximum Gasteiger partial charge on any atom is 0.269 e. The minimum Gasteiger partial charge on any atom is -0.393 e. The minimum absolute atomic E-state index is 0.105. The number of nitrogens with zero attached hydrogens (tertiary/aromatic N) is 3. The zero-order chi connectivity index (χ0) is 19.9. The van der Waals surface area contributed by atoms with Crippen molar-refractivity contribution in [3.05, 3.63) is 70.7 Å². The Morgan fingerprint density at radius 3 is 1.86 bits per heavy atom. The Kier molecular flexibility index (Phi) is 5.97. The summed E-state index contributed by atoms with van der Waals surface area (Å²) in [5.41, 5.74) is 17.2. The zero-order valence-electron chi connectivity index (χ0n) is 14.3. The molecule has 0 saturated heterocycles. The fourth-order valence-corrected chi connectivity index (χ4v) is 2.34. The van der Waals surface area contributed by atoms with E-state index in [0.29, 0.717) is 11.1 Å². The molecule has 2 heterocycles. The van der Waals surface area contributed by atoms with E-state index < -0.39 is 5.91 Å². The number of hydrazine groups is 2. The van der Waals surface area contributed by atoms with E-state index in [1.807, 2.05) is 0 Å². The molecule has 0 atom stereocenters. The van der Waals surface area contributed by atoms with Crippen molar-refractivity contribution in [1.82, 2.24) is 25.8 Å². The minimum atomic E-state index is -0.390. The number of nitrogens with one attached hydrogen (secondary N) is 4. The van der Waals surface area contributed by atoms with E-state index in [1.54, 1.807) is 36.4 Å². The number of carbonyl (C=O) groups is 2. The number of amides is 2. The lowest BCUT2D eigenvalue weighted by Crippen LogP contribution is -2.32. The fraction of sp³-hybridized carbons (Fsp3) is 0. The standard InChI is InChI=1S/C17H15BrN8O2/c18-12-3-1-10(2-4-12)16(27)25-23-14-13(19)15(22-9-21-14)24-26-17(28)11-5-7-20-8-6-11/h1-9H,19H2,(H,25,27)(H,26,28)(H2,21,22,23,24). The van der Waals surface area contributed by atoms with Gasteiger partial charge >= 0.3 is 0 Å². The first-order valence-electron chi connectivity index (χ1n) is 7.93. The van der Waals surface area contributed by atoms with Gasteiger partial charge in [0, 0.05) is 28.0 Å². The van der Waals surface area contributed by atoms with Gasteiger partial charge in [-0.1, -0.05) is 15.9 Å². The Morgan fingerprint density at radius 2 is 1.32 bits per heavy atom. The highest BCUT2D eigenvalue weighted by Gasteiger charge is 2.11. The summed E-state index contributed by atoms with van der Waals surface area (Å²) in [5, 5.41) is 0. The van der Waals surface area contributed by atoms with Gasteiger partial charge in [0.25, 0.3) is 11.8 Å². The number of rotatable bonds is 6. The summed E-state index contributed by atoms with van der Waals surface area (Å²) in [7, 11) is 0. The first-order valence-corrected chi connectivity index (χ1v) is 8.72. The number of nitrogen functional groups attached to an aromatic ring is 1. The Bertz CT molecular complexity index is 982. The van der Waals surface area contributed by atoms with Crippen LogP contribution in [0.1, 0.15) is 20.7 Å². The van der Waals surface area contributed by atoms with Gasteiger partial charge in [0.15, 0.2) is 11.6 Å². The van der Waals surface area contributed by atoms with Crippen molar-refractivity contribution in [3.63, 3.8) is 0 Å². The monoisotopic (exact) mass is 442 g/mol. The lowest BCUT2D eigenvalue weighted by atomic mass is 10.2. The van der Waals surface area contributed by atoms with Crippen LogP contribution in [0.15, 0.2) is 59.6 Å². The molecular weight excluding hydrogens is 428 g/mol. The van der Waals surface area contributed by atoms with Crippen LogP contribution in [0.25, 0.3) is 0 Å². The molecule has 0 bridgehead atoms. The molecule has 0 spiro atoms. The van der Waals surface area contributed by atoms with E-state index in [9.17, 15) is 9.59 Å². The highest BCUT2D eigenvalue weighted by Crippen LogP contribution is 2.21. The number of nitrogens with two attached hydrogens (primary N) is 1. The molecule has 0 aliphatic carbocycles. The van der Waals surface area contributed by atoms with Crippen molar-refractivity contribution in [3.8, 4) is 0 Å². The molecule has 6 N–H and O–H groups in total. The van der Waals surface area contributed by atoms with Gasteiger partial charge in [-0.25, -0.2) is 9.97 Å². The molecule has 3 aromatic rings. The number of pyridine rings is 1. The number of benzene rings is 1. The molecule has 0 radical (unpaired) electrons. The van der Waals surface area contributed by atoms with Crippen LogP contribution in [-0.4, -0.2) is 26.8 Å². The molecule has 142 valence electrons. The summed E-state index contributed by atoms with van der Waals surface area (Å²) < 4.78 is 0.863. The van der Waals surface area contributed by atoms with Crippen molar-refractivity contribution in [2.24, 2.45) is 0 Å². The molecule has 28 heavy (non-hydrogen) atoms. The van der Waals surface area contributed by atoms with Gasteiger partial charge in [-0.15, -0.1) is 0 Å². The number of hydrogen-bond donors (Lipinski definition) is 5. The maximum atomic E-state index is 12.1. The van der Waals surface area contributed by atoms with Crippen molar-refractivity contribution in [1.29, 1.82) is 0 Å². The van der Waals surface area contributed by atoms with Gasteiger partial charge in [-0.05, 0) is 36.4 Å². The molecule has 0 fully saturated rings. The summed E-state index contributed by atoms with van der Waals surface area (Å²) >= 11 is 3.31. The molecule has 2 aromatic heterocycles. The van der Waals surface area contributed by atoms with Crippen molar-refractivity contribution >= 4 is 45.1 Å². The normalized spacial score (nSPS) is 10.0. The average molecular weight is 443 g/mol. The van der Waals surface area contributed by atoms with E-state index in [1.165, 1.54) is 18.7 Å². The first kappa shape index (κ1) is 19.0. The Balaban J connectivity index is 1.61. The Hall–Kier alpha value is -3.73. The van der Waals surface area contributed by atoms with Crippen LogP contribution < -0.4 is 27.4 Å². The second kappa shape index (κ2) is 8.77. The Labute approximate surface area is 168 Å². The van der Waals surface area contributed by atoms with Crippen LogP contribution in [-0.2, 0) is 0 Å². The average Bonchev–Trinajstić information content (AvgIpc) is 2.73. The van der Waals surface area contributed by atoms with E-state index >= 15 is 0 Å². The van der Waals surface area contributed by atoms with Crippen LogP contribution in [0.4, 0.5) is 17.3 Å². The number of aromatic nitrogens is 3. The number of halogens is 1. The van der Waals surface area contributed by atoms with Crippen molar-refractivity contribution in [2.75, 3.05) is 16.6 Å². The third kappa shape index (κ3) is 4.71. The molecule has 0 aliphatic rings. The molecule has 0 aliphatic heterocycles. The number of carbonyl (C=O) groups excluding carboxylic acids is 2. The fourth-order valence-electron chi connectivity index (χ4n) is 2.08. The van der Waals surface area contributed by atoms with Crippen LogP contribution in [0.5, 0.6) is 0 Å². The smallest absolute Gasteiger partial charge is 0.269 e. The van der Waals surface area contributed by atoms with Gasteiger partial charge in [0.2, 0.25) is 0 Å². The van der Waals surface area contributed by atoms with Crippen LogP contribution in [0.3, 0.4) is 0 Å². The molecular formula is C17H15BrN8O2. The van der Waals surface area contributed by atoms with Crippen LogP contribution in [0, 0.1) is 0 Å². The predicted molar refractivity (Wildman–Crippen MR) is 107 cm³/mol. The number of hydrogen-bond acceptors (Lipinski definition) is 8. The van der Waals surface area contributed by atoms with Gasteiger partial charge < -0.3 is 5.73 Å². The molecule has 0 saturated carbocycles. The lowest BCUT2D eigenvalue weighted by molar-refractivity contribution is 0.0954. The molecule has 11 heteroatoms. The second-order valence-corrected chi connectivity index (χ2v) is 6.30. The summed E-state index contributed by atoms with van der Waals surface area (Å²) in [6.07, 6.45) is 4.24. The van der Waals surface area contributed by atoms with E-state index in [0.717, 1.165) is 4.47 Å². The SMILES string of the molecule is Nc1c(NNC(=O)c2ccncc2)ncnc1NNC(=O)c1ccc(Br)cc1. The second-order valence-electron chi connectivity index (χ2n) is 5.39. The van der Waals surface area contributed by atoms with Crippen LogP contribution in [0.2, 0.25) is 0 Å². The third-order valence-electron chi connectivity index (χ3n) is 3.52. The third-order valence-corrected chi connectivity index (χ3v) is 4.05. The van der Waals surface area contributed by atoms with E-state index in [2.05, 4.69) is 52.6 Å². The van der Waals surface area contributed by atoms with E-state index in [-0.39, 0.29) is 23.2 Å². The van der Waals surface area contributed by atoms with Crippen molar-refractivity contribution in [2.45, 2.75) is 0 Å². The summed E-state index contributed by atoms with van der Waals surface area (Å²) in [6, 6.07) is 9.94. The van der Waals surface area contributed by atoms with Gasteiger partial charge in [0.05, 0.1) is 0 Å². The zero-order valence-corrected chi connectivity index (χ0v) is 15.9. The highest BCUT2D eigenvalue weighted by molar-refractivity contribution is 9.10. The van der Waals surface area contributed by atoms with Crippen molar-refractivity contribution < 1.29 is 9.59 Å². The molecule has 2 amide bonds. The van der Waals surface area contributed by atoms with E-state index in [4.69, 9.17) is 5.73 Å². The molecule has 1 aromatic carbocycles. The largest absolute Gasteiger partial charge is 0.393 e. The first-order chi connectivity index (χ1) is 13.5.